The van der Waals surface area contributed by atoms with Gasteiger partial charge >= 0.3 is 0 Å². The molecule has 0 aromatic heterocycles. The van der Waals surface area contributed by atoms with Gasteiger partial charge in [-0.25, -0.2) is 0 Å². The van der Waals surface area contributed by atoms with Crippen molar-refractivity contribution in [2.24, 2.45) is 0 Å². The lowest BCUT2D eigenvalue weighted by Crippen LogP contribution is -1.98. The Labute approximate surface area is 75.0 Å². The second-order valence-corrected chi connectivity index (χ2v) is 5.20. The second-order valence-electron chi connectivity index (χ2n) is 1.87. The predicted octanol–water partition coefficient (Wildman–Crippen LogP) is 2.13. The maximum atomic E-state index is 5.33. The van der Waals surface area contributed by atoms with E-state index in [0.29, 0.717) is 0 Å². The summed E-state index contributed by atoms with van der Waals surface area (Å²) < 4.78 is 5.33. The zero-order valence-corrected chi connectivity index (χ0v) is 8.33. The zero-order valence-electron chi connectivity index (χ0n) is 5.88. The van der Waals surface area contributed by atoms with Crippen molar-refractivity contribution in [1.82, 2.24) is 0 Å². The molecule has 0 saturated carbocycles. The van der Waals surface area contributed by atoms with E-state index < -0.39 is 0 Å². The fraction of sp³-hybridized carbons (Fsp3) is 1.00. The largest absolute Gasteiger partial charge is 0.360 e. The second kappa shape index (κ2) is 6.70. The standard InChI is InChI=1S/C6H12OS3/c1-3-9-5-7-6-10-4-2-8-1/h1-6H2. The first-order chi connectivity index (χ1) is 5.00. The van der Waals surface area contributed by atoms with Gasteiger partial charge < -0.3 is 4.74 Å². The van der Waals surface area contributed by atoms with E-state index in [1.165, 1.54) is 23.0 Å². The van der Waals surface area contributed by atoms with Crippen molar-refractivity contribution in [1.29, 1.82) is 0 Å². The summed E-state index contributed by atoms with van der Waals surface area (Å²) >= 11 is 5.84. The molecule has 0 radical (unpaired) electrons. The highest BCUT2D eigenvalue weighted by atomic mass is 32.2. The Hall–Kier alpha value is 1.01. The van der Waals surface area contributed by atoms with E-state index in [1.807, 2.05) is 23.5 Å². The molecule has 0 atom stereocenters. The van der Waals surface area contributed by atoms with E-state index in [-0.39, 0.29) is 0 Å². The Morgan fingerprint density at radius 3 is 1.80 bits per heavy atom. The molecule has 0 spiro atoms. The molecule has 0 amide bonds. The molecule has 10 heavy (non-hydrogen) atoms. The number of hydrogen-bond donors (Lipinski definition) is 0. The topological polar surface area (TPSA) is 9.23 Å². The van der Waals surface area contributed by atoms with E-state index in [9.17, 15) is 0 Å². The van der Waals surface area contributed by atoms with Crippen LogP contribution in [0.2, 0.25) is 0 Å². The highest BCUT2D eigenvalue weighted by Crippen LogP contribution is 2.13. The average molecular weight is 196 g/mol. The monoisotopic (exact) mass is 196 g/mol. The zero-order chi connectivity index (χ0) is 7.07. The van der Waals surface area contributed by atoms with Crippen molar-refractivity contribution in [2.75, 3.05) is 34.9 Å². The summed E-state index contributed by atoms with van der Waals surface area (Å²) in [5, 5.41) is 0. The lowest BCUT2D eigenvalue weighted by Gasteiger charge is -2.06. The summed E-state index contributed by atoms with van der Waals surface area (Å²) in [5.74, 6) is 6.83. The number of hydrogen-bond acceptors (Lipinski definition) is 4. The van der Waals surface area contributed by atoms with Crippen LogP contribution in [0.3, 0.4) is 0 Å². The Bertz CT molecular complexity index is 46.2. The van der Waals surface area contributed by atoms with Gasteiger partial charge in [0.2, 0.25) is 0 Å². The van der Waals surface area contributed by atoms with Crippen LogP contribution in [0.1, 0.15) is 0 Å². The van der Waals surface area contributed by atoms with E-state index >= 15 is 0 Å². The van der Waals surface area contributed by atoms with Crippen molar-refractivity contribution in [3.8, 4) is 0 Å². The first-order valence-corrected chi connectivity index (χ1v) is 6.77. The van der Waals surface area contributed by atoms with Crippen molar-refractivity contribution < 1.29 is 4.74 Å². The molecular weight excluding hydrogens is 184 g/mol. The first-order valence-electron chi connectivity index (χ1n) is 3.31. The van der Waals surface area contributed by atoms with Gasteiger partial charge in [-0.3, -0.25) is 0 Å². The van der Waals surface area contributed by atoms with Crippen molar-refractivity contribution in [2.45, 2.75) is 0 Å². The fourth-order valence-corrected chi connectivity index (χ4v) is 3.44. The van der Waals surface area contributed by atoms with Gasteiger partial charge in [0.05, 0.1) is 11.9 Å². The number of ether oxygens (including phenoxy) is 1. The molecule has 1 aliphatic rings. The Kier molecular flexibility index (Phi) is 6.10. The molecule has 1 nitrogen and oxygen atoms in total. The highest BCUT2D eigenvalue weighted by Gasteiger charge is 1.95. The van der Waals surface area contributed by atoms with Gasteiger partial charge in [0, 0.05) is 23.0 Å². The Morgan fingerprint density at radius 1 is 0.700 bits per heavy atom. The third kappa shape index (κ3) is 4.77. The molecule has 0 aromatic carbocycles. The Morgan fingerprint density at radius 2 is 1.20 bits per heavy atom. The van der Waals surface area contributed by atoms with Crippen LogP contribution in [-0.4, -0.2) is 34.9 Å². The van der Waals surface area contributed by atoms with Gasteiger partial charge in [-0.05, 0) is 0 Å². The molecule has 1 heterocycles. The normalized spacial score (nSPS) is 24.0. The molecule has 1 rings (SSSR count). The average Bonchev–Trinajstić information content (AvgIpc) is 2.01. The van der Waals surface area contributed by atoms with E-state index in [4.69, 9.17) is 4.74 Å². The number of thioether (sulfide) groups is 3. The summed E-state index contributed by atoms with van der Waals surface area (Å²) in [7, 11) is 0. The minimum absolute atomic E-state index is 0.882. The molecule has 1 fully saturated rings. The first kappa shape index (κ1) is 9.10. The van der Waals surface area contributed by atoms with Gasteiger partial charge in [-0.15, -0.1) is 23.5 Å². The van der Waals surface area contributed by atoms with Crippen LogP contribution in [0, 0.1) is 0 Å². The maximum Gasteiger partial charge on any atom is 0.0932 e. The van der Waals surface area contributed by atoms with Gasteiger partial charge in [-0.1, -0.05) is 0 Å². The van der Waals surface area contributed by atoms with Crippen LogP contribution in [0.5, 0.6) is 0 Å². The molecule has 60 valence electrons. The SMILES string of the molecule is C1CSCOCSCCS1. The van der Waals surface area contributed by atoms with Crippen molar-refractivity contribution in [3.05, 3.63) is 0 Å². The van der Waals surface area contributed by atoms with Crippen LogP contribution in [0.25, 0.3) is 0 Å². The molecule has 0 N–H and O–H groups in total. The van der Waals surface area contributed by atoms with Gasteiger partial charge in [0.1, 0.15) is 0 Å². The highest BCUT2D eigenvalue weighted by molar-refractivity contribution is 8.04. The van der Waals surface area contributed by atoms with Gasteiger partial charge in [0.15, 0.2) is 0 Å². The summed E-state index contributed by atoms with van der Waals surface area (Å²) in [6.45, 7) is 0. The van der Waals surface area contributed by atoms with Crippen molar-refractivity contribution in [3.63, 3.8) is 0 Å². The minimum atomic E-state index is 0.882. The van der Waals surface area contributed by atoms with Crippen LogP contribution in [-0.2, 0) is 4.74 Å². The fourth-order valence-electron chi connectivity index (χ4n) is 0.607. The minimum Gasteiger partial charge on any atom is -0.360 e. The number of rotatable bonds is 0. The molecule has 0 aliphatic carbocycles. The van der Waals surface area contributed by atoms with E-state index in [1.54, 1.807) is 0 Å². The molecule has 0 bridgehead atoms. The van der Waals surface area contributed by atoms with Crippen LogP contribution < -0.4 is 0 Å². The Balaban J connectivity index is 2.00. The van der Waals surface area contributed by atoms with Crippen LogP contribution >= 0.6 is 35.3 Å². The van der Waals surface area contributed by atoms with Crippen LogP contribution in [0.4, 0.5) is 0 Å². The quantitative estimate of drug-likeness (QED) is 0.586. The third-order valence-electron chi connectivity index (χ3n) is 1.08. The molecule has 4 heteroatoms. The summed E-state index contributed by atoms with van der Waals surface area (Å²) in [6, 6.07) is 0. The van der Waals surface area contributed by atoms with E-state index in [0.717, 1.165) is 11.9 Å². The third-order valence-corrected chi connectivity index (χ3v) is 4.23. The molecule has 1 aliphatic heterocycles. The lowest BCUT2D eigenvalue weighted by atomic mass is 10.9. The molecular formula is C6H12OS3. The summed E-state index contributed by atoms with van der Waals surface area (Å²) in [5.41, 5.74) is 0. The van der Waals surface area contributed by atoms with Gasteiger partial charge in [-0.2, -0.15) is 11.8 Å². The maximum absolute atomic E-state index is 5.33. The molecule has 0 unspecified atom stereocenters. The summed E-state index contributed by atoms with van der Waals surface area (Å²) in [6.07, 6.45) is 0. The van der Waals surface area contributed by atoms with Gasteiger partial charge in [0.25, 0.3) is 0 Å². The van der Waals surface area contributed by atoms with Crippen molar-refractivity contribution >= 4 is 35.3 Å². The van der Waals surface area contributed by atoms with E-state index in [2.05, 4.69) is 11.8 Å². The molecule has 0 aromatic rings. The smallest absolute Gasteiger partial charge is 0.0932 e. The molecule has 1 saturated heterocycles. The summed E-state index contributed by atoms with van der Waals surface area (Å²) in [4.78, 5) is 0. The van der Waals surface area contributed by atoms with Crippen LogP contribution in [0.15, 0.2) is 0 Å². The lowest BCUT2D eigenvalue weighted by molar-refractivity contribution is 0.240. The predicted molar refractivity (Wildman–Crippen MR) is 53.1 cm³/mol.